The third-order valence-corrected chi connectivity index (χ3v) is 2.86. The minimum absolute atomic E-state index is 0.145. The number of rotatable bonds is 3. The van der Waals surface area contributed by atoms with Gasteiger partial charge in [0, 0.05) is 16.5 Å². The van der Waals surface area contributed by atoms with Crippen LogP contribution in [-0.4, -0.2) is 18.1 Å². The fraction of sp³-hybridized carbons (Fsp3) is 0.333. The van der Waals surface area contributed by atoms with Crippen molar-refractivity contribution in [3.05, 3.63) is 27.5 Å². The van der Waals surface area contributed by atoms with E-state index >= 15 is 0 Å². The Morgan fingerprint density at radius 3 is 2.75 bits per heavy atom. The number of pyridine rings is 1. The molecule has 0 saturated carbocycles. The zero-order valence-electron chi connectivity index (χ0n) is 8.14. The highest BCUT2D eigenvalue weighted by molar-refractivity contribution is 9.10. The van der Waals surface area contributed by atoms with Gasteiger partial charge in [-0.2, -0.15) is 0 Å². The van der Waals surface area contributed by atoms with Crippen molar-refractivity contribution in [2.75, 3.05) is 7.11 Å². The van der Waals surface area contributed by atoms with E-state index in [1.54, 1.807) is 0 Å². The van der Waals surface area contributed by atoms with Gasteiger partial charge in [0.15, 0.2) is 5.69 Å². The van der Waals surface area contributed by atoms with Gasteiger partial charge in [-0.25, -0.2) is 18.6 Å². The minimum Gasteiger partial charge on any atom is -0.464 e. The maximum Gasteiger partial charge on any atom is 0.357 e. The number of aromatic nitrogens is 1. The van der Waals surface area contributed by atoms with E-state index in [2.05, 4.69) is 25.7 Å². The Kier molecular flexibility index (Phi) is 4.61. The molecule has 7 heteroatoms. The highest BCUT2D eigenvalue weighted by Crippen LogP contribution is 2.31. The van der Waals surface area contributed by atoms with Gasteiger partial charge in [0.1, 0.15) is 0 Å². The molecule has 0 aliphatic carbocycles. The third-order valence-electron chi connectivity index (χ3n) is 1.91. The van der Waals surface area contributed by atoms with Gasteiger partial charge in [0.2, 0.25) is 0 Å². The van der Waals surface area contributed by atoms with Crippen LogP contribution in [0.2, 0.25) is 0 Å². The average molecular weight is 315 g/mol. The van der Waals surface area contributed by atoms with Crippen LogP contribution < -0.4 is 0 Å². The van der Waals surface area contributed by atoms with E-state index in [-0.39, 0.29) is 11.4 Å². The van der Waals surface area contributed by atoms with Gasteiger partial charge in [-0.05, 0) is 21.5 Å². The Labute approximate surface area is 104 Å². The Morgan fingerprint density at radius 1 is 1.69 bits per heavy atom. The second-order valence-corrected chi connectivity index (χ2v) is 3.89. The molecule has 0 aromatic carbocycles. The molecule has 0 atom stereocenters. The molecular formula is C9H7BrClF2NO2. The summed E-state index contributed by atoms with van der Waals surface area (Å²) in [5, 5.41) is 0. The van der Waals surface area contributed by atoms with E-state index in [9.17, 15) is 13.6 Å². The molecule has 0 fully saturated rings. The summed E-state index contributed by atoms with van der Waals surface area (Å²) in [4.78, 5) is 14.9. The fourth-order valence-corrected chi connectivity index (χ4v) is 2.08. The van der Waals surface area contributed by atoms with Gasteiger partial charge in [0.25, 0.3) is 6.43 Å². The van der Waals surface area contributed by atoms with Crippen molar-refractivity contribution in [3.63, 3.8) is 0 Å². The van der Waals surface area contributed by atoms with E-state index in [4.69, 9.17) is 11.6 Å². The van der Waals surface area contributed by atoms with E-state index in [0.29, 0.717) is 4.47 Å². The maximum atomic E-state index is 12.8. The Morgan fingerprint density at radius 2 is 2.31 bits per heavy atom. The van der Waals surface area contributed by atoms with Crippen LogP contribution >= 0.6 is 27.5 Å². The summed E-state index contributed by atoms with van der Waals surface area (Å²) in [6.45, 7) is 0. The smallest absolute Gasteiger partial charge is 0.357 e. The quantitative estimate of drug-likeness (QED) is 0.635. The van der Waals surface area contributed by atoms with Crippen LogP contribution in [-0.2, 0) is 10.6 Å². The van der Waals surface area contributed by atoms with Crippen LogP contribution in [0.15, 0.2) is 10.7 Å². The van der Waals surface area contributed by atoms with Crippen LogP contribution in [0, 0.1) is 0 Å². The van der Waals surface area contributed by atoms with Crippen molar-refractivity contribution < 1.29 is 18.3 Å². The Hall–Kier alpha value is -0.750. The van der Waals surface area contributed by atoms with Crippen molar-refractivity contribution >= 4 is 33.5 Å². The first-order valence-electron chi connectivity index (χ1n) is 4.12. The number of esters is 1. The lowest BCUT2D eigenvalue weighted by Gasteiger charge is -2.11. The molecule has 0 aliphatic heterocycles. The molecule has 0 amide bonds. The molecule has 1 rings (SSSR count). The van der Waals surface area contributed by atoms with Crippen molar-refractivity contribution in [2.45, 2.75) is 12.3 Å². The minimum atomic E-state index is -2.84. The number of nitrogens with zero attached hydrogens (tertiary/aromatic N) is 1. The van der Waals surface area contributed by atoms with Gasteiger partial charge in [-0.1, -0.05) is 0 Å². The molecule has 1 aromatic heterocycles. The van der Waals surface area contributed by atoms with E-state index < -0.39 is 23.7 Å². The van der Waals surface area contributed by atoms with Crippen LogP contribution in [0.5, 0.6) is 0 Å². The fourth-order valence-electron chi connectivity index (χ4n) is 1.17. The first kappa shape index (κ1) is 13.3. The summed E-state index contributed by atoms with van der Waals surface area (Å²) in [6, 6.07) is 0. The molecule has 16 heavy (non-hydrogen) atoms. The van der Waals surface area contributed by atoms with Gasteiger partial charge in [-0.15, -0.1) is 11.6 Å². The third kappa shape index (κ3) is 2.49. The largest absolute Gasteiger partial charge is 0.464 e. The summed E-state index contributed by atoms with van der Waals surface area (Å²) in [6.07, 6.45) is -1.59. The first-order valence-corrected chi connectivity index (χ1v) is 5.45. The topological polar surface area (TPSA) is 39.2 Å². The first-order chi connectivity index (χ1) is 7.52. The number of carbonyl (C=O) groups is 1. The molecule has 3 nitrogen and oxygen atoms in total. The number of alkyl halides is 3. The lowest BCUT2D eigenvalue weighted by Crippen LogP contribution is -2.11. The zero-order chi connectivity index (χ0) is 12.3. The summed E-state index contributed by atoms with van der Waals surface area (Å²) in [7, 11) is 1.10. The summed E-state index contributed by atoms with van der Waals surface area (Å²) in [5.74, 6) is -1.05. The molecule has 0 saturated heterocycles. The molecule has 0 radical (unpaired) electrons. The number of carbonyl (C=O) groups excluding carboxylic acids is 1. The second kappa shape index (κ2) is 5.54. The second-order valence-electron chi connectivity index (χ2n) is 2.77. The molecule has 88 valence electrons. The van der Waals surface area contributed by atoms with Crippen LogP contribution in [0.25, 0.3) is 0 Å². The monoisotopic (exact) mass is 313 g/mol. The molecule has 0 spiro atoms. The van der Waals surface area contributed by atoms with Gasteiger partial charge < -0.3 is 4.74 Å². The van der Waals surface area contributed by atoms with Crippen LogP contribution in [0.4, 0.5) is 8.78 Å². The predicted octanol–water partition coefficient (Wildman–Crippen LogP) is 3.31. The highest BCUT2D eigenvalue weighted by Gasteiger charge is 2.25. The van der Waals surface area contributed by atoms with Crippen molar-refractivity contribution in [1.29, 1.82) is 0 Å². The van der Waals surface area contributed by atoms with Gasteiger partial charge in [0.05, 0.1) is 12.7 Å². The highest BCUT2D eigenvalue weighted by atomic mass is 79.9. The summed E-state index contributed by atoms with van der Waals surface area (Å²) in [5.41, 5.74) is -0.750. The average Bonchev–Trinajstić information content (AvgIpc) is 2.27. The van der Waals surface area contributed by atoms with Crippen LogP contribution in [0.3, 0.4) is 0 Å². The Balaban J connectivity index is 3.45. The molecule has 0 bridgehead atoms. The normalized spacial score (nSPS) is 10.6. The lowest BCUT2D eigenvalue weighted by atomic mass is 10.1. The standard InChI is InChI=1S/C9H7BrClF2NO2/c1-16-9(15)7-6(8(12)13)4(2-11)5(10)3-14-7/h3,8H,2H2,1H3. The number of hydrogen-bond donors (Lipinski definition) is 0. The van der Waals surface area contributed by atoms with E-state index in [1.165, 1.54) is 6.20 Å². The van der Waals surface area contributed by atoms with Gasteiger partial charge in [-0.3, -0.25) is 0 Å². The summed E-state index contributed by atoms with van der Waals surface area (Å²) >= 11 is 8.61. The van der Waals surface area contributed by atoms with Crippen molar-refractivity contribution in [2.24, 2.45) is 0 Å². The molecular weight excluding hydrogens is 307 g/mol. The van der Waals surface area contributed by atoms with Crippen LogP contribution in [0.1, 0.15) is 28.0 Å². The van der Waals surface area contributed by atoms with Crippen molar-refractivity contribution in [1.82, 2.24) is 4.98 Å². The molecule has 1 heterocycles. The number of ether oxygens (including phenoxy) is 1. The number of hydrogen-bond acceptors (Lipinski definition) is 3. The number of methoxy groups -OCH3 is 1. The number of halogens is 4. The van der Waals surface area contributed by atoms with Gasteiger partial charge >= 0.3 is 5.97 Å². The SMILES string of the molecule is COC(=O)c1ncc(Br)c(CCl)c1C(F)F. The lowest BCUT2D eigenvalue weighted by molar-refractivity contribution is 0.0581. The predicted molar refractivity (Wildman–Crippen MR) is 57.8 cm³/mol. The molecule has 0 aliphatic rings. The molecule has 0 N–H and O–H groups in total. The molecule has 0 unspecified atom stereocenters. The van der Waals surface area contributed by atoms with E-state index in [1.807, 2.05) is 0 Å². The van der Waals surface area contributed by atoms with E-state index in [0.717, 1.165) is 7.11 Å². The zero-order valence-corrected chi connectivity index (χ0v) is 10.5. The Bertz CT molecular complexity index is 415. The summed E-state index contributed by atoms with van der Waals surface area (Å²) < 4.78 is 30.4. The molecule has 1 aromatic rings. The maximum absolute atomic E-state index is 12.8. The van der Waals surface area contributed by atoms with Crippen molar-refractivity contribution in [3.8, 4) is 0 Å².